The molecule has 2 rings (SSSR count). The van der Waals surface area contributed by atoms with Gasteiger partial charge in [0.25, 0.3) is 0 Å². The first-order valence-electron chi connectivity index (χ1n) is 5.89. The SMILES string of the molecule is COc1ccc(Br)c(NC(=O)C(C)(N)C2CC2)c1. The van der Waals surface area contributed by atoms with Gasteiger partial charge in [0.05, 0.1) is 18.3 Å². The van der Waals surface area contributed by atoms with Gasteiger partial charge in [-0.25, -0.2) is 0 Å². The Hall–Kier alpha value is -1.07. The quantitative estimate of drug-likeness (QED) is 0.898. The van der Waals surface area contributed by atoms with Crippen molar-refractivity contribution in [3.05, 3.63) is 22.7 Å². The highest BCUT2D eigenvalue weighted by Crippen LogP contribution is 2.39. The maximum Gasteiger partial charge on any atom is 0.244 e. The van der Waals surface area contributed by atoms with Crippen LogP contribution in [0.25, 0.3) is 0 Å². The summed E-state index contributed by atoms with van der Waals surface area (Å²) >= 11 is 3.40. The number of rotatable bonds is 4. The summed E-state index contributed by atoms with van der Waals surface area (Å²) in [6, 6.07) is 5.42. The van der Waals surface area contributed by atoms with E-state index in [-0.39, 0.29) is 5.91 Å². The lowest BCUT2D eigenvalue weighted by molar-refractivity contribution is -0.121. The Labute approximate surface area is 115 Å². The summed E-state index contributed by atoms with van der Waals surface area (Å²) in [5.74, 6) is 0.833. The van der Waals surface area contributed by atoms with Gasteiger partial charge < -0.3 is 15.8 Å². The standard InChI is InChI=1S/C13H17BrN2O2/c1-13(15,8-3-4-8)12(17)16-11-7-9(18-2)5-6-10(11)14/h5-8H,3-4,15H2,1-2H3,(H,16,17). The zero-order valence-electron chi connectivity index (χ0n) is 10.5. The predicted molar refractivity (Wildman–Crippen MR) is 74.6 cm³/mol. The molecule has 1 fully saturated rings. The van der Waals surface area contributed by atoms with E-state index in [0.29, 0.717) is 17.4 Å². The van der Waals surface area contributed by atoms with Crippen molar-refractivity contribution < 1.29 is 9.53 Å². The summed E-state index contributed by atoms with van der Waals surface area (Å²) in [6.45, 7) is 1.79. The second kappa shape index (κ2) is 4.90. The maximum atomic E-state index is 12.2. The minimum absolute atomic E-state index is 0.154. The summed E-state index contributed by atoms with van der Waals surface area (Å²) in [6.07, 6.45) is 2.05. The van der Waals surface area contributed by atoms with Gasteiger partial charge in [0.2, 0.25) is 5.91 Å². The number of nitrogens with one attached hydrogen (secondary N) is 1. The second-order valence-corrected chi connectivity index (χ2v) is 5.71. The molecule has 0 spiro atoms. The van der Waals surface area contributed by atoms with Crippen LogP contribution in [0.5, 0.6) is 5.75 Å². The van der Waals surface area contributed by atoms with Crippen molar-refractivity contribution in [3.63, 3.8) is 0 Å². The molecule has 4 nitrogen and oxygen atoms in total. The van der Waals surface area contributed by atoms with E-state index in [1.165, 1.54) is 0 Å². The van der Waals surface area contributed by atoms with Gasteiger partial charge in [0.1, 0.15) is 5.75 Å². The predicted octanol–water partition coefficient (Wildman–Crippen LogP) is 2.52. The van der Waals surface area contributed by atoms with E-state index in [2.05, 4.69) is 21.2 Å². The molecular formula is C13H17BrN2O2. The molecule has 1 aliphatic rings. The van der Waals surface area contributed by atoms with Crippen LogP contribution in [0.15, 0.2) is 22.7 Å². The minimum atomic E-state index is -0.803. The molecule has 3 N–H and O–H groups in total. The van der Waals surface area contributed by atoms with Crippen LogP contribution in [0.2, 0.25) is 0 Å². The monoisotopic (exact) mass is 312 g/mol. The van der Waals surface area contributed by atoms with E-state index in [9.17, 15) is 4.79 Å². The topological polar surface area (TPSA) is 64.3 Å². The van der Waals surface area contributed by atoms with E-state index in [1.54, 1.807) is 20.1 Å². The summed E-state index contributed by atoms with van der Waals surface area (Å²) in [5.41, 5.74) is 5.95. The van der Waals surface area contributed by atoms with Crippen molar-refractivity contribution in [1.82, 2.24) is 0 Å². The molecule has 1 aromatic carbocycles. The summed E-state index contributed by atoms with van der Waals surface area (Å²) < 4.78 is 5.94. The first-order valence-corrected chi connectivity index (χ1v) is 6.68. The molecule has 1 saturated carbocycles. The summed E-state index contributed by atoms with van der Waals surface area (Å²) in [7, 11) is 1.59. The molecule has 1 aromatic rings. The molecular weight excluding hydrogens is 296 g/mol. The third-order valence-corrected chi connectivity index (χ3v) is 4.03. The number of carbonyl (C=O) groups is 1. The molecule has 1 amide bonds. The molecule has 0 saturated heterocycles. The van der Waals surface area contributed by atoms with Gasteiger partial charge in [-0.15, -0.1) is 0 Å². The van der Waals surface area contributed by atoms with Crippen LogP contribution in [-0.2, 0) is 4.79 Å². The highest BCUT2D eigenvalue weighted by atomic mass is 79.9. The smallest absolute Gasteiger partial charge is 0.244 e. The van der Waals surface area contributed by atoms with Gasteiger partial charge in [-0.05, 0) is 53.7 Å². The zero-order valence-corrected chi connectivity index (χ0v) is 12.1. The lowest BCUT2D eigenvalue weighted by Gasteiger charge is -2.23. The molecule has 5 heteroatoms. The number of anilines is 1. The van der Waals surface area contributed by atoms with Crippen molar-refractivity contribution >= 4 is 27.5 Å². The Morgan fingerprint density at radius 2 is 2.22 bits per heavy atom. The van der Waals surface area contributed by atoms with E-state index in [1.807, 2.05) is 12.1 Å². The molecule has 1 aliphatic carbocycles. The van der Waals surface area contributed by atoms with Crippen LogP contribution in [0, 0.1) is 5.92 Å². The zero-order chi connectivity index (χ0) is 13.3. The average Bonchev–Trinajstić information content (AvgIpc) is 3.16. The Kier molecular flexibility index (Phi) is 3.64. The fourth-order valence-electron chi connectivity index (χ4n) is 1.85. The Morgan fingerprint density at radius 3 is 2.78 bits per heavy atom. The van der Waals surface area contributed by atoms with Crippen molar-refractivity contribution in [3.8, 4) is 5.75 Å². The maximum absolute atomic E-state index is 12.2. The number of amides is 1. The lowest BCUT2D eigenvalue weighted by atomic mass is 9.96. The minimum Gasteiger partial charge on any atom is -0.497 e. The number of hydrogen-bond acceptors (Lipinski definition) is 3. The van der Waals surface area contributed by atoms with E-state index in [4.69, 9.17) is 10.5 Å². The fraction of sp³-hybridized carbons (Fsp3) is 0.462. The third kappa shape index (κ3) is 2.67. The van der Waals surface area contributed by atoms with Crippen LogP contribution in [-0.4, -0.2) is 18.6 Å². The average molecular weight is 313 g/mol. The first-order chi connectivity index (χ1) is 8.45. The van der Waals surface area contributed by atoms with Crippen LogP contribution in [0.3, 0.4) is 0 Å². The van der Waals surface area contributed by atoms with Gasteiger partial charge in [0, 0.05) is 10.5 Å². The van der Waals surface area contributed by atoms with Crippen LogP contribution >= 0.6 is 15.9 Å². The van der Waals surface area contributed by atoms with Crippen LogP contribution < -0.4 is 15.8 Å². The number of methoxy groups -OCH3 is 1. The molecule has 0 aromatic heterocycles. The van der Waals surface area contributed by atoms with E-state index >= 15 is 0 Å². The van der Waals surface area contributed by atoms with E-state index < -0.39 is 5.54 Å². The Bertz CT molecular complexity index is 470. The summed E-state index contributed by atoms with van der Waals surface area (Å²) in [5, 5.41) is 2.86. The molecule has 0 aliphatic heterocycles. The third-order valence-electron chi connectivity index (χ3n) is 3.34. The van der Waals surface area contributed by atoms with Crippen LogP contribution in [0.4, 0.5) is 5.69 Å². The molecule has 1 unspecified atom stereocenters. The van der Waals surface area contributed by atoms with Crippen LogP contribution in [0.1, 0.15) is 19.8 Å². The molecule has 0 radical (unpaired) electrons. The number of halogens is 1. The Morgan fingerprint density at radius 1 is 1.56 bits per heavy atom. The molecule has 1 atom stereocenters. The molecule has 98 valence electrons. The van der Waals surface area contributed by atoms with Crippen molar-refractivity contribution in [2.45, 2.75) is 25.3 Å². The van der Waals surface area contributed by atoms with Crippen molar-refractivity contribution in [2.24, 2.45) is 11.7 Å². The first kappa shape index (κ1) is 13.4. The van der Waals surface area contributed by atoms with Gasteiger partial charge in [0.15, 0.2) is 0 Å². The van der Waals surface area contributed by atoms with E-state index in [0.717, 1.165) is 17.3 Å². The number of carbonyl (C=O) groups excluding carboxylic acids is 1. The Balaban J connectivity index is 2.15. The number of hydrogen-bond donors (Lipinski definition) is 2. The fourth-order valence-corrected chi connectivity index (χ4v) is 2.20. The highest BCUT2D eigenvalue weighted by molar-refractivity contribution is 9.10. The number of benzene rings is 1. The lowest BCUT2D eigenvalue weighted by Crippen LogP contribution is -2.50. The summed E-state index contributed by atoms with van der Waals surface area (Å²) in [4.78, 5) is 12.2. The molecule has 0 heterocycles. The van der Waals surface area contributed by atoms with Gasteiger partial charge in [-0.1, -0.05) is 0 Å². The molecule has 18 heavy (non-hydrogen) atoms. The second-order valence-electron chi connectivity index (χ2n) is 4.86. The van der Waals surface area contributed by atoms with Crippen molar-refractivity contribution in [1.29, 1.82) is 0 Å². The largest absolute Gasteiger partial charge is 0.497 e. The number of nitrogens with two attached hydrogens (primary N) is 1. The number of ether oxygens (including phenoxy) is 1. The normalized spacial score (nSPS) is 18.0. The van der Waals surface area contributed by atoms with Gasteiger partial charge >= 0.3 is 0 Å². The highest BCUT2D eigenvalue weighted by Gasteiger charge is 2.44. The van der Waals surface area contributed by atoms with Crippen molar-refractivity contribution in [2.75, 3.05) is 12.4 Å². The van der Waals surface area contributed by atoms with Gasteiger partial charge in [-0.2, -0.15) is 0 Å². The molecule has 0 bridgehead atoms. The van der Waals surface area contributed by atoms with Gasteiger partial charge in [-0.3, -0.25) is 4.79 Å².